The minimum atomic E-state index is -0.336. The van der Waals surface area contributed by atoms with Crippen molar-refractivity contribution in [1.29, 1.82) is 0 Å². The molecule has 4 aromatic rings. The van der Waals surface area contributed by atoms with Crippen molar-refractivity contribution < 1.29 is 4.79 Å². The zero-order valence-corrected chi connectivity index (χ0v) is 18.2. The number of H-pyrrole nitrogens is 1. The van der Waals surface area contributed by atoms with Crippen molar-refractivity contribution in [1.82, 2.24) is 24.6 Å². The summed E-state index contributed by atoms with van der Waals surface area (Å²) in [6.07, 6.45) is 3.52. The number of benzene rings is 2. The summed E-state index contributed by atoms with van der Waals surface area (Å²) in [7, 11) is 0. The minimum Gasteiger partial charge on any atom is -0.331 e. The van der Waals surface area contributed by atoms with Gasteiger partial charge >= 0.3 is 11.7 Å². The molecule has 0 aliphatic heterocycles. The lowest BCUT2D eigenvalue weighted by Gasteiger charge is -2.15. The first-order valence-electron chi connectivity index (χ1n) is 10.5. The lowest BCUT2D eigenvalue weighted by Crippen LogP contribution is -2.31. The maximum atomic E-state index is 12.5. The number of aryl methyl sites for hydroxylation is 1. The molecule has 2 aromatic carbocycles. The van der Waals surface area contributed by atoms with Gasteiger partial charge in [0.15, 0.2) is 5.82 Å². The molecule has 4 rings (SSSR count). The van der Waals surface area contributed by atoms with E-state index in [1.807, 2.05) is 79.3 Å². The van der Waals surface area contributed by atoms with Gasteiger partial charge in [-0.3, -0.25) is 14.6 Å². The Labute approximate surface area is 185 Å². The summed E-state index contributed by atoms with van der Waals surface area (Å²) < 4.78 is 3.42. The van der Waals surface area contributed by atoms with Crippen LogP contribution in [0.3, 0.4) is 0 Å². The largest absolute Gasteiger partial charge is 0.331 e. The van der Waals surface area contributed by atoms with Crippen molar-refractivity contribution in [3.05, 3.63) is 100 Å². The molecule has 0 bridgehead atoms. The normalized spacial score (nSPS) is 12.8. The molecule has 2 atom stereocenters. The molecular formula is C24H26N6O2. The molecule has 0 aliphatic carbocycles. The third kappa shape index (κ3) is 4.49. The first kappa shape index (κ1) is 21.2. The monoisotopic (exact) mass is 430 g/mol. The second-order valence-corrected chi connectivity index (χ2v) is 7.75. The maximum Gasteiger partial charge on any atom is 0.330 e. The summed E-state index contributed by atoms with van der Waals surface area (Å²) in [6, 6.07) is 18.9. The molecule has 0 fully saturated rings. The molecule has 2 unspecified atom stereocenters. The van der Waals surface area contributed by atoms with Crippen molar-refractivity contribution in [2.75, 3.05) is 5.32 Å². The molecule has 0 spiro atoms. The number of nitrogens with one attached hydrogen (secondary N) is 3. The Morgan fingerprint density at radius 3 is 2.38 bits per heavy atom. The van der Waals surface area contributed by atoms with E-state index in [2.05, 4.69) is 27.6 Å². The Bertz CT molecular complexity index is 1250. The van der Waals surface area contributed by atoms with Crippen LogP contribution in [-0.2, 0) is 0 Å². The molecule has 164 valence electrons. The molecule has 2 aromatic heterocycles. The number of carbonyl (C=O) groups excluding carboxylic acids is 1. The van der Waals surface area contributed by atoms with Gasteiger partial charge in [0, 0.05) is 24.2 Å². The van der Waals surface area contributed by atoms with Gasteiger partial charge in [-0.25, -0.2) is 9.59 Å². The van der Waals surface area contributed by atoms with Crippen molar-refractivity contribution in [2.24, 2.45) is 0 Å². The number of aromatic nitrogens is 4. The average molecular weight is 431 g/mol. The Morgan fingerprint density at radius 1 is 1.00 bits per heavy atom. The number of aromatic amines is 1. The third-order valence-electron chi connectivity index (χ3n) is 5.49. The second kappa shape index (κ2) is 8.97. The number of imidazole rings is 1. The van der Waals surface area contributed by atoms with Crippen molar-refractivity contribution >= 4 is 11.8 Å². The van der Waals surface area contributed by atoms with E-state index in [1.54, 1.807) is 16.8 Å². The summed E-state index contributed by atoms with van der Waals surface area (Å²) in [5, 5.41) is 10.2. The quantitative estimate of drug-likeness (QED) is 0.428. The van der Waals surface area contributed by atoms with Gasteiger partial charge in [-0.05, 0) is 44.0 Å². The van der Waals surface area contributed by atoms with Crippen molar-refractivity contribution in [3.8, 4) is 5.69 Å². The topological polar surface area (TPSA) is 96.7 Å². The molecule has 0 aliphatic rings. The zero-order chi connectivity index (χ0) is 22.7. The van der Waals surface area contributed by atoms with Crippen LogP contribution in [0.15, 0.2) is 77.9 Å². The molecule has 8 nitrogen and oxygen atoms in total. The lowest BCUT2D eigenvalue weighted by molar-refractivity contribution is 0.249. The molecule has 0 saturated carbocycles. The Morgan fingerprint density at radius 2 is 1.72 bits per heavy atom. The standard InChI is InChI=1S/C24H26N6O2/c1-16-15-25-24(32)30(16)21-11-9-19(10-12-21)17(2)26-23(31)27-22-13-14-29(28-22)18(3)20-7-5-4-6-8-20/h4-15,17-18H,1-3H3,(H,25,32)(H2,26,27,28,31). The third-order valence-corrected chi connectivity index (χ3v) is 5.49. The number of rotatable bonds is 6. The first-order chi connectivity index (χ1) is 15.4. The molecule has 0 saturated heterocycles. The van der Waals surface area contributed by atoms with Gasteiger partial charge in [0.2, 0.25) is 0 Å². The van der Waals surface area contributed by atoms with Crippen LogP contribution in [-0.4, -0.2) is 25.4 Å². The number of nitrogens with zero attached hydrogens (tertiary/aromatic N) is 3. The van der Waals surface area contributed by atoms with E-state index in [0.29, 0.717) is 5.82 Å². The Hall–Kier alpha value is -4.07. The highest BCUT2D eigenvalue weighted by Gasteiger charge is 2.13. The van der Waals surface area contributed by atoms with Gasteiger partial charge in [-0.15, -0.1) is 0 Å². The second-order valence-electron chi connectivity index (χ2n) is 7.75. The Kier molecular flexibility index (Phi) is 5.93. The SMILES string of the molecule is Cc1c[nH]c(=O)n1-c1ccc(C(C)NC(=O)Nc2ccn(C(C)c3ccccc3)n2)cc1. The molecule has 0 radical (unpaired) electrons. The predicted molar refractivity (Wildman–Crippen MR) is 124 cm³/mol. The maximum absolute atomic E-state index is 12.5. The fraction of sp³-hybridized carbons (Fsp3) is 0.208. The van der Waals surface area contributed by atoms with Crippen LogP contribution >= 0.6 is 0 Å². The fourth-order valence-corrected chi connectivity index (χ4v) is 3.63. The van der Waals surface area contributed by atoms with E-state index >= 15 is 0 Å². The highest BCUT2D eigenvalue weighted by Crippen LogP contribution is 2.19. The number of hydrogen-bond donors (Lipinski definition) is 3. The van der Waals surface area contributed by atoms with E-state index < -0.39 is 0 Å². The highest BCUT2D eigenvalue weighted by atomic mass is 16.2. The van der Waals surface area contributed by atoms with E-state index in [1.165, 1.54) is 0 Å². The Balaban J connectivity index is 1.37. The number of carbonyl (C=O) groups is 1. The van der Waals surface area contributed by atoms with Crippen LogP contribution in [0.5, 0.6) is 0 Å². The van der Waals surface area contributed by atoms with Crippen LogP contribution in [0.4, 0.5) is 10.6 Å². The van der Waals surface area contributed by atoms with Gasteiger partial charge in [-0.2, -0.15) is 5.10 Å². The van der Waals surface area contributed by atoms with Crippen LogP contribution in [0.2, 0.25) is 0 Å². The summed E-state index contributed by atoms with van der Waals surface area (Å²) in [6.45, 7) is 5.82. The molecule has 2 heterocycles. The van der Waals surface area contributed by atoms with Gasteiger partial charge in [0.05, 0.1) is 17.8 Å². The first-order valence-corrected chi connectivity index (χ1v) is 10.5. The number of urea groups is 1. The summed E-state index contributed by atoms with van der Waals surface area (Å²) in [4.78, 5) is 27.1. The van der Waals surface area contributed by atoms with Gasteiger partial charge < -0.3 is 10.3 Å². The predicted octanol–water partition coefficient (Wildman–Crippen LogP) is 4.16. The molecule has 2 amide bonds. The molecule has 8 heteroatoms. The van der Waals surface area contributed by atoms with E-state index in [4.69, 9.17) is 0 Å². The molecule has 3 N–H and O–H groups in total. The highest BCUT2D eigenvalue weighted by molar-refractivity contribution is 5.88. The summed E-state index contributed by atoms with van der Waals surface area (Å²) in [5.41, 5.74) is 3.48. The molecule has 32 heavy (non-hydrogen) atoms. The minimum absolute atomic E-state index is 0.0587. The number of hydrogen-bond acceptors (Lipinski definition) is 3. The van der Waals surface area contributed by atoms with Crippen molar-refractivity contribution in [3.63, 3.8) is 0 Å². The fourth-order valence-electron chi connectivity index (χ4n) is 3.63. The van der Waals surface area contributed by atoms with Crippen LogP contribution in [0.25, 0.3) is 5.69 Å². The van der Waals surface area contributed by atoms with Crippen molar-refractivity contribution in [2.45, 2.75) is 32.9 Å². The summed E-state index contributed by atoms with van der Waals surface area (Å²) >= 11 is 0. The van der Waals surface area contributed by atoms with E-state index in [-0.39, 0.29) is 23.8 Å². The van der Waals surface area contributed by atoms with Gasteiger partial charge in [0.1, 0.15) is 0 Å². The van der Waals surface area contributed by atoms with E-state index in [0.717, 1.165) is 22.5 Å². The van der Waals surface area contributed by atoms with E-state index in [9.17, 15) is 9.59 Å². The lowest BCUT2D eigenvalue weighted by atomic mass is 10.1. The molecular weight excluding hydrogens is 404 g/mol. The average Bonchev–Trinajstić information content (AvgIpc) is 3.39. The summed E-state index contributed by atoms with van der Waals surface area (Å²) in [5.74, 6) is 0.482. The number of amides is 2. The van der Waals surface area contributed by atoms with Gasteiger partial charge in [-0.1, -0.05) is 42.5 Å². The number of anilines is 1. The zero-order valence-electron chi connectivity index (χ0n) is 18.2. The van der Waals surface area contributed by atoms with Crippen LogP contribution in [0, 0.1) is 6.92 Å². The van der Waals surface area contributed by atoms with Gasteiger partial charge in [0.25, 0.3) is 0 Å². The smallest absolute Gasteiger partial charge is 0.330 e. The van der Waals surface area contributed by atoms with Crippen LogP contribution in [0.1, 0.15) is 42.8 Å². The van der Waals surface area contributed by atoms with Crippen LogP contribution < -0.4 is 16.3 Å².